The van der Waals surface area contributed by atoms with E-state index < -0.39 is 19.5 Å². The molecule has 0 aromatic rings. The van der Waals surface area contributed by atoms with Crippen molar-refractivity contribution in [2.24, 2.45) is 10.8 Å². The molecule has 0 spiro atoms. The van der Waals surface area contributed by atoms with E-state index in [0.717, 1.165) is 12.8 Å². The Kier molecular flexibility index (Phi) is 6.42. The minimum Gasteiger partial charge on any atom is -0.113 e. The minimum absolute atomic E-state index is 0.126. The molecule has 0 heterocycles. The van der Waals surface area contributed by atoms with Crippen LogP contribution < -0.4 is 0 Å². The second kappa shape index (κ2) is 6.42. The summed E-state index contributed by atoms with van der Waals surface area (Å²) in [5.74, 6) is 0. The fraction of sp³-hybridized carbons (Fsp3) is 1.00. The van der Waals surface area contributed by atoms with Gasteiger partial charge in [0.15, 0.2) is 0 Å². The van der Waals surface area contributed by atoms with Gasteiger partial charge in [0.25, 0.3) is 0 Å². The van der Waals surface area contributed by atoms with E-state index in [9.17, 15) is 4.57 Å². The van der Waals surface area contributed by atoms with Crippen LogP contribution in [0.4, 0.5) is 0 Å². The summed E-state index contributed by atoms with van der Waals surface area (Å²) in [5, 5.41) is 0. The highest BCUT2D eigenvalue weighted by Crippen LogP contribution is 2.43. The van der Waals surface area contributed by atoms with E-state index in [1.54, 1.807) is 0 Å². The van der Waals surface area contributed by atoms with Crippen LogP contribution in [0.3, 0.4) is 0 Å². The molecule has 3 nitrogen and oxygen atoms in total. The molecule has 0 atom stereocenters. The third-order valence-electron chi connectivity index (χ3n) is 2.56. The lowest BCUT2D eigenvalue weighted by molar-refractivity contribution is 0.00999. The Balaban J connectivity index is 4.56. The van der Waals surface area contributed by atoms with Crippen molar-refractivity contribution in [3.8, 4) is 0 Å². The van der Waals surface area contributed by atoms with E-state index >= 15 is 0 Å². The van der Waals surface area contributed by atoms with Gasteiger partial charge in [0.2, 0.25) is 0 Å². The Morgan fingerprint density at radius 1 is 0.650 bits per heavy atom. The zero-order valence-electron chi connectivity index (χ0n) is 15.1. The first-order valence-electron chi connectivity index (χ1n) is 7.37. The van der Waals surface area contributed by atoms with E-state index in [-0.39, 0.29) is 10.8 Å². The average molecular weight is 305 g/mol. The summed E-state index contributed by atoms with van der Waals surface area (Å²) in [5.41, 5.74) is -0.658. The Labute approximate surface area is 126 Å². The van der Waals surface area contributed by atoms with E-state index in [0.29, 0.717) is 0 Å². The Morgan fingerprint density at radius 2 is 0.900 bits per heavy atom. The number of rotatable bonds is 6. The molecule has 120 valence electrons. The van der Waals surface area contributed by atoms with Crippen molar-refractivity contribution in [2.45, 2.75) is 93.3 Å². The number of hydrogen-bond acceptors (Lipinski definition) is 3. The van der Waals surface area contributed by atoms with E-state index in [4.69, 9.17) is 9.05 Å². The van der Waals surface area contributed by atoms with Crippen LogP contribution in [0.25, 0.3) is 0 Å². The third-order valence-corrected chi connectivity index (χ3v) is 3.84. The van der Waals surface area contributed by atoms with Crippen LogP contribution in [0.15, 0.2) is 0 Å². The SMILES string of the molecule is CC(C)(C)CC(C)(C)O[P+](=O)OC(C)(C)CC(C)(C)C. The molecule has 0 aromatic heterocycles. The lowest BCUT2D eigenvalue weighted by Gasteiger charge is -2.29. The molecule has 0 aliphatic carbocycles. The average Bonchev–Trinajstić information content (AvgIpc) is 1.86. The maximum absolute atomic E-state index is 12.1. The number of hydrogen-bond donors (Lipinski definition) is 0. The summed E-state index contributed by atoms with van der Waals surface area (Å²) in [6.45, 7) is 20.7. The predicted octanol–water partition coefficient (Wildman–Crippen LogP) is 6.11. The van der Waals surface area contributed by atoms with Crippen LogP contribution in [0.1, 0.15) is 82.1 Å². The molecular formula is C16H34O3P+. The monoisotopic (exact) mass is 305 g/mol. The molecule has 0 saturated heterocycles. The molecule has 20 heavy (non-hydrogen) atoms. The topological polar surface area (TPSA) is 35.5 Å². The maximum atomic E-state index is 12.1. The Morgan fingerprint density at radius 3 is 1.10 bits per heavy atom. The molecule has 0 bridgehead atoms. The second-order valence-electron chi connectivity index (χ2n) is 9.40. The summed E-state index contributed by atoms with van der Waals surface area (Å²) < 4.78 is 23.5. The first kappa shape index (κ1) is 20.0. The minimum atomic E-state index is -2.11. The van der Waals surface area contributed by atoms with Gasteiger partial charge in [-0.15, -0.1) is 9.05 Å². The van der Waals surface area contributed by atoms with Crippen LogP contribution in [-0.4, -0.2) is 11.2 Å². The molecule has 0 rings (SSSR count). The quantitative estimate of drug-likeness (QED) is 0.556. The zero-order valence-corrected chi connectivity index (χ0v) is 16.0. The molecule has 0 aromatic carbocycles. The van der Waals surface area contributed by atoms with Crippen molar-refractivity contribution in [1.29, 1.82) is 0 Å². The highest BCUT2D eigenvalue weighted by molar-refractivity contribution is 7.33. The highest BCUT2D eigenvalue weighted by Gasteiger charge is 2.42. The van der Waals surface area contributed by atoms with Crippen molar-refractivity contribution in [2.75, 3.05) is 0 Å². The normalized spacial score (nSPS) is 14.5. The Bertz CT molecular complexity index is 301. The van der Waals surface area contributed by atoms with Crippen LogP contribution in [0.5, 0.6) is 0 Å². The van der Waals surface area contributed by atoms with Gasteiger partial charge in [0.1, 0.15) is 11.2 Å². The van der Waals surface area contributed by atoms with Crippen LogP contribution in [0.2, 0.25) is 0 Å². The summed E-state index contributed by atoms with van der Waals surface area (Å²) in [7, 11) is -2.11. The zero-order chi connectivity index (χ0) is 16.4. The summed E-state index contributed by atoms with van der Waals surface area (Å²) in [6.07, 6.45) is 1.65. The fourth-order valence-electron chi connectivity index (χ4n) is 3.04. The molecule has 0 fully saturated rings. The summed E-state index contributed by atoms with van der Waals surface area (Å²) in [4.78, 5) is 0. The third kappa shape index (κ3) is 10.8. The lowest BCUT2D eigenvalue weighted by atomic mass is 9.84. The van der Waals surface area contributed by atoms with Gasteiger partial charge in [-0.25, -0.2) is 0 Å². The molecule has 0 aliphatic heterocycles. The maximum Gasteiger partial charge on any atom is 0.698 e. The largest absolute Gasteiger partial charge is 0.698 e. The van der Waals surface area contributed by atoms with Crippen molar-refractivity contribution < 1.29 is 13.6 Å². The van der Waals surface area contributed by atoms with Crippen molar-refractivity contribution in [1.82, 2.24) is 0 Å². The second-order valence-corrected chi connectivity index (χ2v) is 10.2. The van der Waals surface area contributed by atoms with Crippen molar-refractivity contribution in [3.63, 3.8) is 0 Å². The molecular weight excluding hydrogens is 271 g/mol. The fourth-order valence-corrected chi connectivity index (χ4v) is 4.01. The summed E-state index contributed by atoms with van der Waals surface area (Å²) in [6, 6.07) is 0. The van der Waals surface area contributed by atoms with E-state index in [1.807, 2.05) is 27.7 Å². The molecule has 0 N–H and O–H groups in total. The first-order valence-corrected chi connectivity index (χ1v) is 8.47. The summed E-state index contributed by atoms with van der Waals surface area (Å²) >= 11 is 0. The standard InChI is InChI=1S/C16H34O3P/c1-13(2,3)11-15(7,8)18-20(17)19-16(9,10)12-14(4,5)6/h11-12H2,1-10H3/q+1. The van der Waals surface area contributed by atoms with E-state index in [2.05, 4.69) is 41.5 Å². The molecule has 4 heteroatoms. The van der Waals surface area contributed by atoms with Gasteiger partial charge in [-0.1, -0.05) is 41.5 Å². The van der Waals surface area contributed by atoms with Gasteiger partial charge in [-0.05, 0) is 51.4 Å². The van der Waals surface area contributed by atoms with Crippen LogP contribution in [-0.2, 0) is 13.6 Å². The van der Waals surface area contributed by atoms with Crippen molar-refractivity contribution >= 4 is 8.25 Å². The molecule has 0 radical (unpaired) electrons. The van der Waals surface area contributed by atoms with Gasteiger partial charge in [-0.3, -0.25) is 0 Å². The van der Waals surface area contributed by atoms with Gasteiger partial charge in [0, 0.05) is 4.57 Å². The molecule has 0 amide bonds. The Hall–Kier alpha value is 0.0200. The van der Waals surface area contributed by atoms with Gasteiger partial charge < -0.3 is 0 Å². The highest BCUT2D eigenvalue weighted by atomic mass is 31.1. The van der Waals surface area contributed by atoms with Crippen LogP contribution in [0, 0.1) is 10.8 Å². The molecule has 0 aliphatic rings. The van der Waals surface area contributed by atoms with Gasteiger partial charge >= 0.3 is 8.25 Å². The smallest absolute Gasteiger partial charge is 0.113 e. The molecule has 0 saturated carbocycles. The van der Waals surface area contributed by atoms with E-state index in [1.165, 1.54) is 0 Å². The predicted molar refractivity (Wildman–Crippen MR) is 86.1 cm³/mol. The van der Waals surface area contributed by atoms with Crippen molar-refractivity contribution in [3.05, 3.63) is 0 Å². The molecule has 0 unspecified atom stereocenters. The van der Waals surface area contributed by atoms with Crippen LogP contribution >= 0.6 is 8.25 Å². The first-order chi connectivity index (χ1) is 8.52. The lowest BCUT2D eigenvalue weighted by Crippen LogP contribution is -2.31. The van der Waals surface area contributed by atoms with Gasteiger partial charge in [0.05, 0.1) is 0 Å². The van der Waals surface area contributed by atoms with Gasteiger partial charge in [-0.2, -0.15) is 0 Å².